The van der Waals surface area contributed by atoms with E-state index in [0.29, 0.717) is 24.7 Å². The fraction of sp³-hybridized carbons (Fsp3) is 0.217. The standard InChI is InChI=1S/C23H23FN2O4/c1-23(2,22(27)28)30-20-5-3-4-18(12-20)25-13-19-10-11-21(14-26-19)29-15-16-6-8-17(24)9-7-16/h3-12,14,25H,13,15H2,1-2H3,(H,27,28). The third-order valence-corrected chi connectivity index (χ3v) is 4.31. The molecule has 0 amide bonds. The number of carboxylic acid groups (broad SMARTS) is 1. The highest BCUT2D eigenvalue weighted by Gasteiger charge is 2.29. The number of rotatable bonds is 9. The average molecular weight is 410 g/mol. The van der Waals surface area contributed by atoms with Crippen LogP contribution in [0.15, 0.2) is 66.9 Å². The van der Waals surface area contributed by atoms with E-state index >= 15 is 0 Å². The van der Waals surface area contributed by atoms with Crippen molar-refractivity contribution in [1.29, 1.82) is 0 Å². The van der Waals surface area contributed by atoms with E-state index in [1.165, 1.54) is 26.0 Å². The van der Waals surface area contributed by atoms with Crippen molar-refractivity contribution >= 4 is 11.7 Å². The molecular weight excluding hydrogens is 387 g/mol. The lowest BCUT2D eigenvalue weighted by molar-refractivity contribution is -0.152. The van der Waals surface area contributed by atoms with Crippen molar-refractivity contribution in [2.24, 2.45) is 0 Å². The first kappa shape index (κ1) is 21.1. The van der Waals surface area contributed by atoms with Crippen molar-refractivity contribution in [2.75, 3.05) is 5.32 Å². The number of carboxylic acids is 1. The molecule has 0 spiro atoms. The van der Waals surface area contributed by atoms with Gasteiger partial charge < -0.3 is 19.9 Å². The summed E-state index contributed by atoms with van der Waals surface area (Å²) in [7, 11) is 0. The molecule has 0 fully saturated rings. The van der Waals surface area contributed by atoms with Crippen LogP contribution in [0.25, 0.3) is 0 Å². The summed E-state index contributed by atoms with van der Waals surface area (Å²) < 4.78 is 24.1. The van der Waals surface area contributed by atoms with Gasteiger partial charge >= 0.3 is 5.97 Å². The van der Waals surface area contributed by atoms with Crippen molar-refractivity contribution in [3.05, 3.63) is 83.9 Å². The molecule has 0 radical (unpaired) electrons. The summed E-state index contributed by atoms with van der Waals surface area (Å²) in [5, 5.41) is 12.4. The van der Waals surface area contributed by atoms with Gasteiger partial charge in [0.05, 0.1) is 18.4 Å². The molecule has 0 aliphatic carbocycles. The highest BCUT2D eigenvalue weighted by molar-refractivity contribution is 5.76. The molecule has 0 aliphatic rings. The molecule has 1 aromatic heterocycles. The van der Waals surface area contributed by atoms with Crippen molar-refractivity contribution in [3.63, 3.8) is 0 Å². The molecule has 6 nitrogen and oxygen atoms in total. The predicted molar refractivity (Wildman–Crippen MR) is 111 cm³/mol. The lowest BCUT2D eigenvalue weighted by Gasteiger charge is -2.21. The number of nitrogens with one attached hydrogen (secondary N) is 1. The number of anilines is 1. The number of pyridine rings is 1. The molecule has 30 heavy (non-hydrogen) atoms. The van der Waals surface area contributed by atoms with Gasteiger partial charge in [-0.15, -0.1) is 0 Å². The van der Waals surface area contributed by atoms with Gasteiger partial charge in [-0.1, -0.05) is 18.2 Å². The quantitative estimate of drug-likeness (QED) is 0.534. The number of aromatic nitrogens is 1. The van der Waals surface area contributed by atoms with Crippen molar-refractivity contribution in [1.82, 2.24) is 4.98 Å². The van der Waals surface area contributed by atoms with E-state index in [2.05, 4.69) is 10.3 Å². The Bertz CT molecular complexity index is 989. The van der Waals surface area contributed by atoms with Crippen LogP contribution in [0.2, 0.25) is 0 Å². The Balaban J connectivity index is 1.53. The van der Waals surface area contributed by atoms with Gasteiger partial charge in [-0.25, -0.2) is 9.18 Å². The molecule has 3 aromatic rings. The Kier molecular flexibility index (Phi) is 6.51. The van der Waals surface area contributed by atoms with Crippen molar-refractivity contribution in [3.8, 4) is 11.5 Å². The van der Waals surface area contributed by atoms with E-state index in [9.17, 15) is 14.3 Å². The molecule has 7 heteroatoms. The number of aliphatic carboxylic acids is 1. The Morgan fingerprint density at radius 3 is 2.53 bits per heavy atom. The minimum absolute atomic E-state index is 0.278. The zero-order valence-electron chi connectivity index (χ0n) is 16.8. The number of benzene rings is 2. The second-order valence-corrected chi connectivity index (χ2v) is 7.20. The van der Waals surface area contributed by atoms with Gasteiger partial charge in [0, 0.05) is 11.8 Å². The first-order chi connectivity index (χ1) is 14.3. The summed E-state index contributed by atoms with van der Waals surface area (Å²) in [5.74, 6) is -0.231. The van der Waals surface area contributed by atoms with Crippen molar-refractivity contribution < 1.29 is 23.8 Å². The maximum absolute atomic E-state index is 12.9. The van der Waals surface area contributed by atoms with Gasteiger partial charge in [-0.05, 0) is 55.8 Å². The van der Waals surface area contributed by atoms with Crippen LogP contribution < -0.4 is 14.8 Å². The fourth-order valence-corrected chi connectivity index (χ4v) is 2.55. The Hall–Kier alpha value is -3.61. The first-order valence-electron chi connectivity index (χ1n) is 9.40. The van der Waals surface area contributed by atoms with Gasteiger partial charge in [0.25, 0.3) is 0 Å². The van der Waals surface area contributed by atoms with E-state index in [4.69, 9.17) is 9.47 Å². The second-order valence-electron chi connectivity index (χ2n) is 7.20. The van der Waals surface area contributed by atoms with Gasteiger partial charge in [-0.2, -0.15) is 0 Å². The molecule has 1 heterocycles. The summed E-state index contributed by atoms with van der Waals surface area (Å²) in [6.07, 6.45) is 1.63. The van der Waals surface area contributed by atoms with Crippen LogP contribution in [0, 0.1) is 5.82 Å². The van der Waals surface area contributed by atoms with E-state index in [0.717, 1.165) is 16.9 Å². The molecular formula is C23H23FN2O4. The Morgan fingerprint density at radius 1 is 1.10 bits per heavy atom. The highest BCUT2D eigenvalue weighted by Crippen LogP contribution is 2.23. The summed E-state index contributed by atoms with van der Waals surface area (Å²) in [6, 6.07) is 16.9. The van der Waals surface area contributed by atoms with Crippen LogP contribution in [0.5, 0.6) is 11.5 Å². The number of hydrogen-bond donors (Lipinski definition) is 2. The molecule has 0 bridgehead atoms. The lowest BCUT2D eigenvalue weighted by atomic mass is 10.1. The molecule has 2 aromatic carbocycles. The molecule has 2 N–H and O–H groups in total. The van der Waals surface area contributed by atoms with E-state index in [-0.39, 0.29) is 5.82 Å². The Labute approximate surface area is 174 Å². The third-order valence-electron chi connectivity index (χ3n) is 4.31. The molecule has 0 aliphatic heterocycles. The minimum Gasteiger partial charge on any atom is -0.487 e. The van der Waals surface area contributed by atoms with Crippen LogP contribution in [0.3, 0.4) is 0 Å². The van der Waals surface area contributed by atoms with Gasteiger partial charge in [0.2, 0.25) is 0 Å². The largest absolute Gasteiger partial charge is 0.487 e. The monoisotopic (exact) mass is 410 g/mol. The molecule has 0 saturated heterocycles. The predicted octanol–water partition coefficient (Wildman–Crippen LogP) is 4.65. The van der Waals surface area contributed by atoms with E-state index in [1.54, 1.807) is 36.5 Å². The fourth-order valence-electron chi connectivity index (χ4n) is 2.55. The molecule has 0 unspecified atom stereocenters. The zero-order chi connectivity index (χ0) is 21.6. The lowest BCUT2D eigenvalue weighted by Crippen LogP contribution is -2.37. The third kappa shape index (κ3) is 5.94. The topological polar surface area (TPSA) is 80.7 Å². The normalized spacial score (nSPS) is 11.0. The van der Waals surface area contributed by atoms with Crippen molar-refractivity contribution in [2.45, 2.75) is 32.6 Å². The zero-order valence-corrected chi connectivity index (χ0v) is 16.8. The number of halogens is 1. The highest BCUT2D eigenvalue weighted by atomic mass is 19.1. The maximum atomic E-state index is 12.9. The average Bonchev–Trinajstić information content (AvgIpc) is 2.72. The van der Waals surface area contributed by atoms with Gasteiger partial charge in [0.15, 0.2) is 5.60 Å². The number of ether oxygens (including phenoxy) is 2. The van der Waals surface area contributed by atoms with E-state index in [1.807, 2.05) is 18.2 Å². The SMILES string of the molecule is CC(C)(Oc1cccc(NCc2ccc(OCc3ccc(F)cc3)cn2)c1)C(=O)O. The maximum Gasteiger partial charge on any atom is 0.347 e. The Morgan fingerprint density at radius 2 is 1.87 bits per heavy atom. The van der Waals surface area contributed by atoms with Crippen LogP contribution in [-0.4, -0.2) is 21.7 Å². The van der Waals surface area contributed by atoms with Gasteiger partial charge in [0.1, 0.15) is 23.9 Å². The van der Waals surface area contributed by atoms with E-state index < -0.39 is 11.6 Å². The van der Waals surface area contributed by atoms with Crippen LogP contribution in [-0.2, 0) is 17.9 Å². The summed E-state index contributed by atoms with van der Waals surface area (Å²) in [5.41, 5.74) is 1.15. The van der Waals surface area contributed by atoms with Crippen LogP contribution in [0.4, 0.5) is 10.1 Å². The second kappa shape index (κ2) is 9.26. The molecule has 0 atom stereocenters. The van der Waals surface area contributed by atoms with Crippen LogP contribution >= 0.6 is 0 Å². The molecule has 0 saturated carbocycles. The number of hydrogen-bond acceptors (Lipinski definition) is 5. The summed E-state index contributed by atoms with van der Waals surface area (Å²) in [6.45, 7) is 3.81. The first-order valence-corrected chi connectivity index (χ1v) is 9.40. The summed E-state index contributed by atoms with van der Waals surface area (Å²) >= 11 is 0. The summed E-state index contributed by atoms with van der Waals surface area (Å²) in [4.78, 5) is 15.6. The smallest absolute Gasteiger partial charge is 0.347 e. The number of carbonyl (C=O) groups is 1. The molecule has 156 valence electrons. The molecule has 3 rings (SSSR count). The number of nitrogens with zero attached hydrogens (tertiary/aromatic N) is 1. The minimum atomic E-state index is -1.32. The van der Waals surface area contributed by atoms with Crippen LogP contribution in [0.1, 0.15) is 25.1 Å². The van der Waals surface area contributed by atoms with Gasteiger partial charge in [-0.3, -0.25) is 4.98 Å².